The van der Waals surface area contributed by atoms with Crippen molar-refractivity contribution >= 4 is 11.3 Å². The zero-order valence-corrected chi connectivity index (χ0v) is 9.26. The third-order valence-electron chi connectivity index (χ3n) is 2.99. The van der Waals surface area contributed by atoms with E-state index in [1.165, 1.54) is 16.7 Å². The third kappa shape index (κ3) is 1.71. The Morgan fingerprint density at radius 3 is 3.07 bits per heavy atom. The van der Waals surface area contributed by atoms with Gasteiger partial charge in [-0.15, -0.1) is 0 Å². The second-order valence-corrected chi connectivity index (χ2v) is 4.75. The molecule has 2 heterocycles. The summed E-state index contributed by atoms with van der Waals surface area (Å²) < 4.78 is 0. The van der Waals surface area contributed by atoms with Gasteiger partial charge in [0.25, 0.3) is 0 Å². The zero-order chi connectivity index (χ0) is 10.1. The highest BCUT2D eigenvalue weighted by Crippen LogP contribution is 2.28. The Morgan fingerprint density at radius 1 is 1.27 bits per heavy atom. The second-order valence-electron chi connectivity index (χ2n) is 3.97. The largest absolute Gasteiger partial charge is 0.306 e. The fraction of sp³-hybridized carbons (Fsp3) is 0.231. The molecule has 0 aliphatic carbocycles. The number of fused-ring (bicyclic) bond motifs is 1. The van der Waals surface area contributed by atoms with Crippen LogP contribution in [0.5, 0.6) is 0 Å². The van der Waals surface area contributed by atoms with Crippen molar-refractivity contribution in [2.45, 2.75) is 19.0 Å². The van der Waals surface area contributed by atoms with E-state index in [1.807, 2.05) is 0 Å². The highest BCUT2D eigenvalue weighted by Gasteiger charge is 2.20. The van der Waals surface area contributed by atoms with E-state index in [9.17, 15) is 0 Å². The molecular weight excluding hydrogens is 202 g/mol. The van der Waals surface area contributed by atoms with Crippen molar-refractivity contribution in [3.8, 4) is 0 Å². The summed E-state index contributed by atoms with van der Waals surface area (Å²) in [6, 6.07) is 11.4. The normalized spacial score (nSPS) is 19.1. The molecule has 1 N–H and O–H groups in total. The molecular formula is C13H13NS. The first-order valence-electron chi connectivity index (χ1n) is 5.26. The van der Waals surface area contributed by atoms with Crippen molar-refractivity contribution in [3.63, 3.8) is 0 Å². The number of nitrogens with one attached hydrogen (secondary N) is 1. The fourth-order valence-corrected chi connectivity index (χ4v) is 2.89. The monoisotopic (exact) mass is 215 g/mol. The fourth-order valence-electron chi connectivity index (χ4n) is 2.20. The van der Waals surface area contributed by atoms with Crippen LogP contribution in [0.25, 0.3) is 0 Å². The van der Waals surface area contributed by atoms with Crippen LogP contribution in [-0.4, -0.2) is 0 Å². The molecule has 15 heavy (non-hydrogen) atoms. The molecule has 76 valence electrons. The lowest BCUT2D eigenvalue weighted by Gasteiger charge is -2.10. The van der Waals surface area contributed by atoms with Crippen LogP contribution in [0.1, 0.15) is 22.7 Å². The first-order valence-corrected chi connectivity index (χ1v) is 6.20. The molecule has 1 aromatic heterocycles. The van der Waals surface area contributed by atoms with Crippen molar-refractivity contribution in [1.29, 1.82) is 0 Å². The minimum atomic E-state index is 0.510. The molecule has 0 fully saturated rings. The molecule has 0 bridgehead atoms. The molecule has 2 aromatic rings. The summed E-state index contributed by atoms with van der Waals surface area (Å²) in [6.45, 7) is 1.02. The van der Waals surface area contributed by atoms with Gasteiger partial charge in [-0.25, -0.2) is 0 Å². The van der Waals surface area contributed by atoms with E-state index < -0.39 is 0 Å². The second kappa shape index (κ2) is 3.80. The van der Waals surface area contributed by atoms with Crippen LogP contribution in [0.2, 0.25) is 0 Å². The summed E-state index contributed by atoms with van der Waals surface area (Å²) in [7, 11) is 0. The SMILES string of the molecule is c1ccc2c(c1)CNC2Cc1ccsc1. The molecule has 1 aliphatic rings. The van der Waals surface area contributed by atoms with Crippen LogP contribution in [0.3, 0.4) is 0 Å². The molecule has 1 aromatic carbocycles. The van der Waals surface area contributed by atoms with Gasteiger partial charge in [-0.1, -0.05) is 24.3 Å². The van der Waals surface area contributed by atoms with E-state index in [-0.39, 0.29) is 0 Å². The topological polar surface area (TPSA) is 12.0 Å². The average Bonchev–Trinajstić information content (AvgIpc) is 2.89. The predicted octanol–water partition coefficient (Wildman–Crippen LogP) is 3.14. The van der Waals surface area contributed by atoms with Gasteiger partial charge < -0.3 is 5.32 Å². The maximum absolute atomic E-state index is 3.56. The molecule has 1 atom stereocenters. The number of hydrogen-bond donors (Lipinski definition) is 1. The first-order chi connectivity index (χ1) is 7.43. The van der Waals surface area contributed by atoms with Crippen molar-refractivity contribution in [2.75, 3.05) is 0 Å². The third-order valence-corrected chi connectivity index (χ3v) is 3.72. The Balaban J connectivity index is 1.85. The van der Waals surface area contributed by atoms with Crippen LogP contribution in [0.15, 0.2) is 41.1 Å². The van der Waals surface area contributed by atoms with Gasteiger partial charge in [0.2, 0.25) is 0 Å². The molecule has 0 radical (unpaired) electrons. The van der Waals surface area contributed by atoms with Crippen molar-refractivity contribution in [2.24, 2.45) is 0 Å². The smallest absolute Gasteiger partial charge is 0.0367 e. The van der Waals surface area contributed by atoms with E-state index in [1.54, 1.807) is 11.3 Å². The van der Waals surface area contributed by atoms with Crippen molar-refractivity contribution in [3.05, 3.63) is 57.8 Å². The van der Waals surface area contributed by atoms with Crippen molar-refractivity contribution < 1.29 is 0 Å². The van der Waals surface area contributed by atoms with E-state index >= 15 is 0 Å². The van der Waals surface area contributed by atoms with Crippen LogP contribution >= 0.6 is 11.3 Å². The highest BCUT2D eigenvalue weighted by molar-refractivity contribution is 7.07. The number of benzene rings is 1. The summed E-state index contributed by atoms with van der Waals surface area (Å²) in [6.07, 6.45) is 1.11. The molecule has 0 spiro atoms. The van der Waals surface area contributed by atoms with E-state index in [4.69, 9.17) is 0 Å². The van der Waals surface area contributed by atoms with Gasteiger partial charge in [-0.2, -0.15) is 11.3 Å². The summed E-state index contributed by atoms with van der Waals surface area (Å²) in [5, 5.41) is 7.95. The van der Waals surface area contributed by atoms with E-state index in [0.29, 0.717) is 6.04 Å². The lowest BCUT2D eigenvalue weighted by molar-refractivity contribution is 0.582. The first kappa shape index (κ1) is 9.13. The van der Waals surface area contributed by atoms with Gasteiger partial charge in [0.1, 0.15) is 0 Å². The molecule has 1 nitrogen and oxygen atoms in total. The van der Waals surface area contributed by atoms with Crippen molar-refractivity contribution in [1.82, 2.24) is 5.32 Å². The van der Waals surface area contributed by atoms with Gasteiger partial charge in [0, 0.05) is 12.6 Å². The summed E-state index contributed by atoms with van der Waals surface area (Å²) in [5.41, 5.74) is 4.37. The maximum atomic E-state index is 3.56. The van der Waals surface area contributed by atoms with Crippen LogP contribution in [-0.2, 0) is 13.0 Å². The van der Waals surface area contributed by atoms with E-state index in [2.05, 4.69) is 46.4 Å². The number of thiophene rings is 1. The molecule has 2 heteroatoms. The quantitative estimate of drug-likeness (QED) is 0.811. The Bertz CT molecular complexity index is 447. The molecule has 1 aliphatic heterocycles. The Labute approximate surface area is 93.8 Å². The van der Waals surface area contributed by atoms with Crippen LogP contribution < -0.4 is 5.32 Å². The Morgan fingerprint density at radius 2 is 2.20 bits per heavy atom. The van der Waals surface area contributed by atoms with Crippen LogP contribution in [0.4, 0.5) is 0 Å². The lowest BCUT2D eigenvalue weighted by atomic mass is 10.0. The summed E-state index contributed by atoms with van der Waals surface area (Å²) in [5.74, 6) is 0. The van der Waals surface area contributed by atoms with Gasteiger partial charge in [0.15, 0.2) is 0 Å². The van der Waals surface area contributed by atoms with Crippen LogP contribution in [0, 0.1) is 0 Å². The number of rotatable bonds is 2. The summed E-state index contributed by atoms with van der Waals surface area (Å²) >= 11 is 1.78. The predicted molar refractivity (Wildman–Crippen MR) is 64.0 cm³/mol. The van der Waals surface area contributed by atoms with Gasteiger partial charge in [0.05, 0.1) is 0 Å². The highest BCUT2D eigenvalue weighted by atomic mass is 32.1. The molecule has 1 unspecified atom stereocenters. The minimum Gasteiger partial charge on any atom is -0.306 e. The van der Waals surface area contributed by atoms with Gasteiger partial charge in [-0.3, -0.25) is 0 Å². The minimum absolute atomic E-state index is 0.510. The molecule has 0 saturated carbocycles. The maximum Gasteiger partial charge on any atom is 0.0367 e. The average molecular weight is 215 g/mol. The molecule has 3 rings (SSSR count). The van der Waals surface area contributed by atoms with Gasteiger partial charge in [-0.05, 0) is 39.9 Å². The number of hydrogen-bond acceptors (Lipinski definition) is 2. The van der Waals surface area contributed by atoms with Gasteiger partial charge >= 0.3 is 0 Å². The Kier molecular flexibility index (Phi) is 2.31. The zero-order valence-electron chi connectivity index (χ0n) is 8.44. The van der Waals surface area contributed by atoms with E-state index in [0.717, 1.165) is 13.0 Å². The molecule has 0 amide bonds. The lowest BCUT2D eigenvalue weighted by Crippen LogP contribution is -2.14. The molecule has 0 saturated heterocycles. The standard InChI is InChI=1S/C13H13NS/c1-2-4-12-11(3-1)8-14-13(12)7-10-5-6-15-9-10/h1-6,9,13-14H,7-8H2. The summed E-state index contributed by atoms with van der Waals surface area (Å²) in [4.78, 5) is 0. The Hall–Kier alpha value is -1.12.